The average molecular weight is 350 g/mol. The molecule has 1 aromatic carbocycles. The number of nitrogens with one attached hydrogen (secondary N) is 1. The molecule has 0 bridgehead atoms. The summed E-state index contributed by atoms with van der Waals surface area (Å²) in [6.07, 6.45) is -0.345. The van der Waals surface area contributed by atoms with Gasteiger partial charge in [0, 0.05) is 32.2 Å². The number of amides is 2. The molecule has 0 atom stereocenters. The van der Waals surface area contributed by atoms with Gasteiger partial charge in [0.25, 0.3) is 5.69 Å². The Balaban J connectivity index is 1.90. The zero-order chi connectivity index (χ0) is 18.4. The Labute approximate surface area is 145 Å². The van der Waals surface area contributed by atoms with Crippen molar-refractivity contribution < 1.29 is 19.2 Å². The number of nitro groups is 1. The first kappa shape index (κ1) is 18.7. The molecule has 1 aliphatic heterocycles. The van der Waals surface area contributed by atoms with Crippen LogP contribution in [-0.4, -0.2) is 66.1 Å². The van der Waals surface area contributed by atoms with Gasteiger partial charge in [-0.2, -0.15) is 0 Å². The summed E-state index contributed by atoms with van der Waals surface area (Å²) in [6.45, 7) is 5.96. The van der Waals surface area contributed by atoms with Crippen LogP contribution < -0.4 is 5.32 Å². The van der Waals surface area contributed by atoms with E-state index in [1.807, 2.05) is 4.90 Å². The maximum absolute atomic E-state index is 12.2. The number of nitro benzene ring substituents is 1. The molecule has 0 saturated carbocycles. The second-order valence-corrected chi connectivity index (χ2v) is 5.74. The lowest BCUT2D eigenvalue weighted by atomic mass is 10.1. The van der Waals surface area contributed by atoms with E-state index >= 15 is 0 Å². The molecule has 2 amide bonds. The van der Waals surface area contributed by atoms with Crippen LogP contribution in [0.1, 0.15) is 12.5 Å². The lowest BCUT2D eigenvalue weighted by molar-refractivity contribution is -0.384. The minimum atomic E-state index is -0.513. The van der Waals surface area contributed by atoms with E-state index in [-0.39, 0.29) is 29.9 Å². The highest BCUT2D eigenvalue weighted by molar-refractivity contribution is 5.95. The Morgan fingerprint density at radius 2 is 1.96 bits per heavy atom. The fraction of sp³-hybridized carbons (Fsp3) is 0.500. The molecule has 25 heavy (non-hydrogen) atoms. The van der Waals surface area contributed by atoms with Crippen molar-refractivity contribution in [1.82, 2.24) is 9.80 Å². The highest BCUT2D eigenvalue weighted by Gasteiger charge is 2.24. The van der Waals surface area contributed by atoms with Gasteiger partial charge in [-0.05, 0) is 19.4 Å². The van der Waals surface area contributed by atoms with Gasteiger partial charge in [-0.15, -0.1) is 0 Å². The molecular weight excluding hydrogens is 328 g/mol. The number of para-hydroxylation sites is 1. The number of rotatable bonds is 5. The molecule has 0 radical (unpaired) electrons. The van der Waals surface area contributed by atoms with Gasteiger partial charge in [-0.1, -0.05) is 12.1 Å². The summed E-state index contributed by atoms with van der Waals surface area (Å²) >= 11 is 0. The molecule has 0 aromatic heterocycles. The Kier molecular flexibility index (Phi) is 6.29. The van der Waals surface area contributed by atoms with Crippen molar-refractivity contribution in [3.05, 3.63) is 33.9 Å². The van der Waals surface area contributed by atoms with Gasteiger partial charge in [0.1, 0.15) is 5.69 Å². The maximum Gasteiger partial charge on any atom is 0.409 e. The third kappa shape index (κ3) is 4.90. The number of nitrogens with zero attached hydrogens (tertiary/aromatic N) is 3. The van der Waals surface area contributed by atoms with Gasteiger partial charge in [-0.25, -0.2) is 4.79 Å². The van der Waals surface area contributed by atoms with Crippen LogP contribution in [0.2, 0.25) is 0 Å². The first-order valence-electron chi connectivity index (χ1n) is 8.10. The molecule has 1 aliphatic rings. The van der Waals surface area contributed by atoms with Crippen LogP contribution in [-0.2, 0) is 9.53 Å². The summed E-state index contributed by atoms with van der Waals surface area (Å²) in [4.78, 5) is 38.0. The number of anilines is 1. The fourth-order valence-corrected chi connectivity index (χ4v) is 2.65. The fourth-order valence-electron chi connectivity index (χ4n) is 2.65. The van der Waals surface area contributed by atoms with Gasteiger partial charge >= 0.3 is 6.09 Å². The monoisotopic (exact) mass is 350 g/mol. The summed E-state index contributed by atoms with van der Waals surface area (Å²) in [7, 11) is 0. The smallest absolute Gasteiger partial charge is 0.409 e. The molecule has 2 rings (SSSR count). The number of hydrogen-bond acceptors (Lipinski definition) is 6. The number of hydrogen-bond donors (Lipinski definition) is 1. The Morgan fingerprint density at radius 1 is 1.28 bits per heavy atom. The number of carbonyl (C=O) groups excluding carboxylic acids is 2. The van der Waals surface area contributed by atoms with Crippen LogP contribution in [0.15, 0.2) is 18.2 Å². The summed E-state index contributed by atoms with van der Waals surface area (Å²) in [5.74, 6) is -0.318. The van der Waals surface area contributed by atoms with Crippen molar-refractivity contribution in [3.8, 4) is 0 Å². The molecule has 136 valence electrons. The molecule has 1 fully saturated rings. The highest BCUT2D eigenvalue weighted by Crippen LogP contribution is 2.27. The number of carbonyl (C=O) groups is 2. The first-order valence-corrected chi connectivity index (χ1v) is 8.10. The normalized spacial score (nSPS) is 14.9. The molecule has 1 saturated heterocycles. The maximum atomic E-state index is 12.2. The van der Waals surface area contributed by atoms with Crippen LogP contribution in [0.3, 0.4) is 0 Å². The minimum absolute atomic E-state index is 0.113. The van der Waals surface area contributed by atoms with Crippen molar-refractivity contribution in [2.45, 2.75) is 13.8 Å². The lowest BCUT2D eigenvalue weighted by Gasteiger charge is -2.33. The van der Waals surface area contributed by atoms with Crippen molar-refractivity contribution in [1.29, 1.82) is 0 Å². The Morgan fingerprint density at radius 3 is 2.56 bits per heavy atom. The summed E-state index contributed by atoms with van der Waals surface area (Å²) < 4.78 is 4.95. The van der Waals surface area contributed by atoms with Crippen molar-refractivity contribution >= 4 is 23.4 Å². The number of piperazine rings is 1. The zero-order valence-electron chi connectivity index (χ0n) is 14.4. The third-order valence-electron chi connectivity index (χ3n) is 3.98. The quantitative estimate of drug-likeness (QED) is 0.639. The standard InChI is InChI=1S/C16H22N4O5/c1-3-25-16(22)19-9-7-18(8-10-19)11-14(21)17-15-12(2)5-4-6-13(15)20(23)24/h4-6H,3,7-11H2,1-2H3,(H,17,21). The minimum Gasteiger partial charge on any atom is -0.450 e. The van der Waals surface area contributed by atoms with Gasteiger partial charge in [0.15, 0.2) is 0 Å². The topological polar surface area (TPSA) is 105 Å². The van der Waals surface area contributed by atoms with E-state index in [1.165, 1.54) is 6.07 Å². The lowest BCUT2D eigenvalue weighted by Crippen LogP contribution is -2.50. The summed E-state index contributed by atoms with van der Waals surface area (Å²) in [5, 5.41) is 13.7. The molecule has 9 nitrogen and oxygen atoms in total. The molecular formula is C16H22N4O5. The van der Waals surface area contributed by atoms with E-state index in [1.54, 1.807) is 30.9 Å². The predicted molar refractivity (Wildman–Crippen MR) is 91.5 cm³/mol. The zero-order valence-corrected chi connectivity index (χ0v) is 14.4. The molecule has 0 spiro atoms. The van der Waals surface area contributed by atoms with E-state index < -0.39 is 4.92 Å². The van der Waals surface area contributed by atoms with E-state index in [4.69, 9.17) is 4.74 Å². The summed E-state index contributed by atoms with van der Waals surface area (Å²) in [6, 6.07) is 4.65. The van der Waals surface area contributed by atoms with Gasteiger partial charge in [0.2, 0.25) is 5.91 Å². The van der Waals surface area contributed by atoms with Gasteiger partial charge in [0.05, 0.1) is 18.1 Å². The van der Waals surface area contributed by atoms with Crippen molar-refractivity contribution in [2.75, 3.05) is 44.6 Å². The number of ether oxygens (including phenoxy) is 1. The molecule has 0 unspecified atom stereocenters. The van der Waals surface area contributed by atoms with Crippen LogP contribution >= 0.6 is 0 Å². The van der Waals surface area contributed by atoms with E-state index in [9.17, 15) is 19.7 Å². The van der Waals surface area contributed by atoms with E-state index in [0.717, 1.165) is 0 Å². The first-order chi connectivity index (χ1) is 11.9. The van der Waals surface area contributed by atoms with Crippen LogP contribution in [0.5, 0.6) is 0 Å². The predicted octanol–water partition coefficient (Wildman–Crippen LogP) is 1.62. The molecule has 1 aromatic rings. The second kappa shape index (κ2) is 8.43. The van der Waals surface area contributed by atoms with Crippen LogP contribution in [0.4, 0.5) is 16.2 Å². The Bertz CT molecular complexity index is 656. The third-order valence-corrected chi connectivity index (χ3v) is 3.98. The van der Waals surface area contributed by atoms with Crippen LogP contribution in [0, 0.1) is 17.0 Å². The highest BCUT2D eigenvalue weighted by atomic mass is 16.6. The molecule has 9 heteroatoms. The van der Waals surface area contributed by atoms with E-state index in [0.29, 0.717) is 38.3 Å². The second-order valence-electron chi connectivity index (χ2n) is 5.74. The number of aryl methyl sites for hydroxylation is 1. The van der Waals surface area contributed by atoms with Crippen LogP contribution in [0.25, 0.3) is 0 Å². The SMILES string of the molecule is CCOC(=O)N1CCN(CC(=O)Nc2c(C)cccc2[N+](=O)[O-])CC1. The Hall–Kier alpha value is -2.68. The average Bonchev–Trinajstić information content (AvgIpc) is 2.57. The summed E-state index contributed by atoms with van der Waals surface area (Å²) in [5.41, 5.74) is 0.734. The van der Waals surface area contributed by atoms with Gasteiger partial charge < -0.3 is 15.0 Å². The molecule has 1 heterocycles. The number of benzene rings is 1. The largest absolute Gasteiger partial charge is 0.450 e. The van der Waals surface area contributed by atoms with E-state index in [2.05, 4.69) is 5.32 Å². The molecule has 0 aliphatic carbocycles. The van der Waals surface area contributed by atoms with Gasteiger partial charge in [-0.3, -0.25) is 19.8 Å². The van der Waals surface area contributed by atoms with Crippen molar-refractivity contribution in [2.24, 2.45) is 0 Å². The van der Waals surface area contributed by atoms with Crippen molar-refractivity contribution in [3.63, 3.8) is 0 Å². The molecule has 1 N–H and O–H groups in total.